The molecule has 108 valence electrons. The molecule has 1 unspecified atom stereocenters. The van der Waals surface area contributed by atoms with E-state index >= 15 is 0 Å². The van der Waals surface area contributed by atoms with E-state index in [1.54, 1.807) is 6.20 Å². The van der Waals surface area contributed by atoms with Gasteiger partial charge in [-0.15, -0.1) is 0 Å². The molecule has 1 atom stereocenters. The van der Waals surface area contributed by atoms with Gasteiger partial charge in [-0.1, -0.05) is 30.3 Å². The van der Waals surface area contributed by atoms with Crippen molar-refractivity contribution < 1.29 is 4.79 Å². The summed E-state index contributed by atoms with van der Waals surface area (Å²) in [5.41, 5.74) is 4.55. The van der Waals surface area contributed by atoms with Crippen LogP contribution in [0.2, 0.25) is 0 Å². The molecule has 0 spiro atoms. The molecule has 1 aliphatic rings. The fraction of sp³-hybridized carbons (Fsp3) is 0.294. The predicted octanol–water partition coefficient (Wildman–Crippen LogP) is 1.72. The first kappa shape index (κ1) is 13.8. The van der Waals surface area contributed by atoms with E-state index in [9.17, 15) is 4.79 Å². The number of aryl methyl sites for hydroxylation is 1. The topological polar surface area (TPSA) is 54.0 Å². The van der Waals surface area contributed by atoms with Crippen molar-refractivity contribution in [3.05, 3.63) is 65.0 Å². The molecule has 0 saturated carbocycles. The Hall–Kier alpha value is -2.20. The minimum atomic E-state index is -0.163. The summed E-state index contributed by atoms with van der Waals surface area (Å²) in [4.78, 5) is 16.6. The number of carbonyl (C=O) groups excluding carboxylic acids is 1. The van der Waals surface area contributed by atoms with E-state index in [-0.39, 0.29) is 11.9 Å². The highest BCUT2D eigenvalue weighted by molar-refractivity contribution is 5.82. The molecule has 1 aromatic carbocycles. The summed E-state index contributed by atoms with van der Waals surface area (Å²) in [5, 5.41) is 6.27. The van der Waals surface area contributed by atoms with Gasteiger partial charge in [0.15, 0.2) is 0 Å². The smallest absolute Gasteiger partial charge is 0.237 e. The average molecular weight is 281 g/mol. The molecule has 0 fully saturated rings. The van der Waals surface area contributed by atoms with Crippen molar-refractivity contribution in [2.45, 2.75) is 32.5 Å². The van der Waals surface area contributed by atoms with Crippen LogP contribution in [0.4, 0.5) is 0 Å². The first-order valence-electron chi connectivity index (χ1n) is 7.22. The monoisotopic (exact) mass is 281 g/mol. The number of nitrogens with zero attached hydrogens (tertiary/aromatic N) is 1. The van der Waals surface area contributed by atoms with Crippen LogP contribution in [0.15, 0.2) is 42.6 Å². The Bertz CT molecular complexity index is 654. The lowest BCUT2D eigenvalue weighted by Crippen LogP contribution is -2.47. The van der Waals surface area contributed by atoms with Crippen LogP contribution >= 0.6 is 0 Å². The van der Waals surface area contributed by atoms with Crippen molar-refractivity contribution in [1.82, 2.24) is 15.6 Å². The zero-order chi connectivity index (χ0) is 14.7. The Balaban J connectivity index is 1.61. The summed E-state index contributed by atoms with van der Waals surface area (Å²) in [6, 6.07) is 12.0. The number of amides is 1. The maximum Gasteiger partial charge on any atom is 0.237 e. The van der Waals surface area contributed by atoms with Crippen molar-refractivity contribution in [2.24, 2.45) is 0 Å². The van der Waals surface area contributed by atoms with E-state index in [1.807, 2.05) is 31.2 Å². The molecule has 1 amide bonds. The molecule has 2 aromatic rings. The normalized spacial score (nSPS) is 17.1. The Morgan fingerprint density at radius 1 is 1.29 bits per heavy atom. The van der Waals surface area contributed by atoms with Crippen LogP contribution in [0.25, 0.3) is 0 Å². The highest BCUT2D eigenvalue weighted by Crippen LogP contribution is 2.16. The Kier molecular flexibility index (Phi) is 3.97. The highest BCUT2D eigenvalue weighted by atomic mass is 16.2. The third-order valence-corrected chi connectivity index (χ3v) is 3.95. The zero-order valence-electron chi connectivity index (χ0n) is 12.1. The van der Waals surface area contributed by atoms with Gasteiger partial charge in [0.25, 0.3) is 0 Å². The molecule has 4 heteroatoms. The minimum absolute atomic E-state index is 0.0366. The summed E-state index contributed by atoms with van der Waals surface area (Å²) in [6.07, 6.45) is 2.49. The van der Waals surface area contributed by atoms with Crippen LogP contribution in [-0.4, -0.2) is 16.9 Å². The summed E-state index contributed by atoms with van der Waals surface area (Å²) >= 11 is 0. The first-order chi connectivity index (χ1) is 10.2. The van der Waals surface area contributed by atoms with Gasteiger partial charge >= 0.3 is 0 Å². The molecule has 0 bridgehead atoms. The molecular formula is C17H19N3O. The second-order valence-corrected chi connectivity index (χ2v) is 5.39. The molecule has 0 aliphatic carbocycles. The van der Waals surface area contributed by atoms with Crippen molar-refractivity contribution in [2.75, 3.05) is 0 Å². The summed E-state index contributed by atoms with van der Waals surface area (Å²) in [5.74, 6) is 0.0366. The highest BCUT2D eigenvalue weighted by Gasteiger charge is 2.23. The molecule has 0 radical (unpaired) electrons. The molecule has 0 saturated heterocycles. The fourth-order valence-electron chi connectivity index (χ4n) is 2.64. The van der Waals surface area contributed by atoms with Gasteiger partial charge in [-0.25, -0.2) is 0 Å². The van der Waals surface area contributed by atoms with E-state index < -0.39 is 0 Å². The van der Waals surface area contributed by atoms with E-state index in [4.69, 9.17) is 0 Å². The number of rotatable bonds is 3. The standard InChI is InChI=1S/C17H19N3O/c1-12-5-4-8-18-16(12)11-20-17(21)15-9-13-6-2-3-7-14(13)10-19-15/h2-8,15,19H,9-11H2,1H3,(H,20,21). The summed E-state index contributed by atoms with van der Waals surface area (Å²) in [6.45, 7) is 3.23. The van der Waals surface area contributed by atoms with Crippen LogP contribution in [0.1, 0.15) is 22.4 Å². The van der Waals surface area contributed by atoms with Crippen molar-refractivity contribution in [3.63, 3.8) is 0 Å². The Labute approximate surface area is 124 Å². The van der Waals surface area contributed by atoms with Gasteiger partial charge in [0.2, 0.25) is 5.91 Å². The lowest BCUT2D eigenvalue weighted by molar-refractivity contribution is -0.123. The third-order valence-electron chi connectivity index (χ3n) is 3.95. The van der Waals surface area contributed by atoms with Crippen molar-refractivity contribution in [3.8, 4) is 0 Å². The lowest BCUT2D eigenvalue weighted by atomic mass is 9.95. The largest absolute Gasteiger partial charge is 0.349 e. The molecule has 2 N–H and O–H groups in total. The van der Waals surface area contributed by atoms with Gasteiger partial charge in [-0.3, -0.25) is 9.78 Å². The number of benzene rings is 1. The molecule has 3 rings (SSSR count). The SMILES string of the molecule is Cc1cccnc1CNC(=O)C1Cc2ccccc2CN1. The van der Waals surface area contributed by atoms with Gasteiger partial charge in [0.1, 0.15) is 0 Å². The van der Waals surface area contributed by atoms with Crippen molar-refractivity contribution in [1.29, 1.82) is 0 Å². The fourth-order valence-corrected chi connectivity index (χ4v) is 2.64. The van der Waals surface area contributed by atoms with Gasteiger partial charge in [-0.2, -0.15) is 0 Å². The van der Waals surface area contributed by atoms with E-state index in [2.05, 4.69) is 27.8 Å². The number of fused-ring (bicyclic) bond motifs is 1. The first-order valence-corrected chi connectivity index (χ1v) is 7.22. The summed E-state index contributed by atoms with van der Waals surface area (Å²) < 4.78 is 0. The molecule has 4 nitrogen and oxygen atoms in total. The van der Waals surface area contributed by atoms with Gasteiger partial charge < -0.3 is 10.6 Å². The molecular weight excluding hydrogens is 262 g/mol. The average Bonchev–Trinajstić information content (AvgIpc) is 2.53. The van der Waals surface area contributed by atoms with Gasteiger partial charge in [0.05, 0.1) is 18.3 Å². The van der Waals surface area contributed by atoms with Crippen LogP contribution < -0.4 is 10.6 Å². The number of aromatic nitrogens is 1. The summed E-state index contributed by atoms with van der Waals surface area (Å²) in [7, 11) is 0. The molecule has 21 heavy (non-hydrogen) atoms. The second-order valence-electron chi connectivity index (χ2n) is 5.39. The minimum Gasteiger partial charge on any atom is -0.349 e. The van der Waals surface area contributed by atoms with Crippen LogP contribution in [0.5, 0.6) is 0 Å². The molecule has 2 heterocycles. The van der Waals surface area contributed by atoms with Crippen LogP contribution in [0.3, 0.4) is 0 Å². The van der Waals surface area contributed by atoms with Crippen LogP contribution in [0, 0.1) is 6.92 Å². The van der Waals surface area contributed by atoms with E-state index in [0.717, 1.165) is 24.2 Å². The quantitative estimate of drug-likeness (QED) is 0.900. The Morgan fingerprint density at radius 2 is 2.10 bits per heavy atom. The molecule has 1 aromatic heterocycles. The zero-order valence-corrected chi connectivity index (χ0v) is 12.1. The van der Waals surface area contributed by atoms with E-state index in [0.29, 0.717) is 6.54 Å². The third kappa shape index (κ3) is 3.11. The van der Waals surface area contributed by atoms with Gasteiger partial charge in [-0.05, 0) is 36.1 Å². The number of pyridine rings is 1. The number of hydrogen-bond donors (Lipinski definition) is 2. The number of hydrogen-bond acceptors (Lipinski definition) is 3. The number of carbonyl (C=O) groups is 1. The Morgan fingerprint density at radius 3 is 2.90 bits per heavy atom. The second kappa shape index (κ2) is 6.06. The molecule has 1 aliphatic heterocycles. The van der Waals surface area contributed by atoms with Gasteiger partial charge in [0, 0.05) is 12.7 Å². The lowest BCUT2D eigenvalue weighted by Gasteiger charge is -2.25. The maximum absolute atomic E-state index is 12.3. The number of nitrogens with one attached hydrogen (secondary N) is 2. The maximum atomic E-state index is 12.3. The van der Waals surface area contributed by atoms with Crippen molar-refractivity contribution >= 4 is 5.91 Å². The predicted molar refractivity (Wildman–Crippen MR) is 81.6 cm³/mol. The van der Waals surface area contributed by atoms with E-state index in [1.165, 1.54) is 11.1 Å². The van der Waals surface area contributed by atoms with Crippen LogP contribution in [-0.2, 0) is 24.3 Å².